The molecule has 2 atom stereocenters. The fourth-order valence-electron chi connectivity index (χ4n) is 2.74. The van der Waals surface area contributed by atoms with Gasteiger partial charge in [0.15, 0.2) is 5.65 Å². The molecule has 6 nitrogen and oxygen atoms in total. The van der Waals surface area contributed by atoms with Crippen LogP contribution in [-0.4, -0.2) is 32.3 Å². The molecule has 0 saturated heterocycles. The first-order valence-corrected chi connectivity index (χ1v) is 9.20. The summed E-state index contributed by atoms with van der Waals surface area (Å²) >= 11 is 0. The highest BCUT2D eigenvalue weighted by atomic mass is 15.3. The third-order valence-electron chi connectivity index (χ3n) is 4.89. The standard InChI is InChI=1S/C20H28N6/c1-13(2)15(4)23-18-17-12-22-26(5)19(17)25-20(24-18)21-11-14(3)16-9-7-6-8-10-16/h6-10,12-15H,11H2,1-5H3,(H2,21,23,24,25). The van der Waals surface area contributed by atoms with Crippen LogP contribution >= 0.6 is 0 Å². The molecule has 0 aliphatic carbocycles. The molecule has 0 amide bonds. The lowest BCUT2D eigenvalue weighted by Gasteiger charge is -2.19. The third kappa shape index (κ3) is 3.95. The van der Waals surface area contributed by atoms with Crippen LogP contribution in [0.15, 0.2) is 36.5 Å². The first-order valence-electron chi connectivity index (χ1n) is 9.20. The van der Waals surface area contributed by atoms with Crippen molar-refractivity contribution in [3.8, 4) is 0 Å². The summed E-state index contributed by atoms with van der Waals surface area (Å²) in [6.07, 6.45) is 1.82. The molecule has 0 aliphatic rings. The topological polar surface area (TPSA) is 67.7 Å². The number of nitrogens with zero attached hydrogens (tertiary/aromatic N) is 4. The molecule has 2 aromatic heterocycles. The fourth-order valence-corrected chi connectivity index (χ4v) is 2.74. The predicted molar refractivity (Wildman–Crippen MR) is 108 cm³/mol. The Hall–Kier alpha value is -2.63. The fraction of sp³-hybridized carbons (Fsp3) is 0.450. The van der Waals surface area contributed by atoms with Crippen LogP contribution in [0.4, 0.5) is 11.8 Å². The maximum atomic E-state index is 4.72. The van der Waals surface area contributed by atoms with Gasteiger partial charge in [-0.1, -0.05) is 51.1 Å². The Labute approximate surface area is 155 Å². The Bertz CT molecular complexity index is 855. The number of benzene rings is 1. The number of aromatic nitrogens is 4. The zero-order chi connectivity index (χ0) is 18.7. The molecule has 0 spiro atoms. The zero-order valence-corrected chi connectivity index (χ0v) is 16.2. The molecule has 0 fully saturated rings. The Balaban J connectivity index is 1.83. The van der Waals surface area contributed by atoms with Gasteiger partial charge in [-0.3, -0.25) is 4.68 Å². The van der Waals surface area contributed by atoms with Crippen molar-refractivity contribution in [2.24, 2.45) is 13.0 Å². The molecular weight excluding hydrogens is 324 g/mol. The average molecular weight is 352 g/mol. The number of fused-ring (bicyclic) bond motifs is 1. The van der Waals surface area contributed by atoms with E-state index in [-0.39, 0.29) is 0 Å². The summed E-state index contributed by atoms with van der Waals surface area (Å²) in [7, 11) is 1.90. The van der Waals surface area contributed by atoms with Crippen LogP contribution in [-0.2, 0) is 7.05 Å². The van der Waals surface area contributed by atoms with Gasteiger partial charge in [-0.15, -0.1) is 0 Å². The van der Waals surface area contributed by atoms with Gasteiger partial charge < -0.3 is 10.6 Å². The van der Waals surface area contributed by atoms with Gasteiger partial charge in [0.05, 0.1) is 11.6 Å². The van der Waals surface area contributed by atoms with E-state index in [1.807, 2.05) is 19.3 Å². The smallest absolute Gasteiger partial charge is 0.226 e. The van der Waals surface area contributed by atoms with Gasteiger partial charge in [0.25, 0.3) is 0 Å². The molecule has 3 rings (SSSR count). The van der Waals surface area contributed by atoms with Crippen LogP contribution in [0.25, 0.3) is 11.0 Å². The van der Waals surface area contributed by atoms with Gasteiger partial charge >= 0.3 is 0 Å². The molecule has 1 aromatic carbocycles. The quantitative estimate of drug-likeness (QED) is 0.672. The molecule has 0 aliphatic heterocycles. The van der Waals surface area contributed by atoms with Crippen LogP contribution in [0.2, 0.25) is 0 Å². The first-order chi connectivity index (χ1) is 12.5. The average Bonchev–Trinajstić information content (AvgIpc) is 3.01. The Kier molecular flexibility index (Phi) is 5.40. The van der Waals surface area contributed by atoms with Crippen molar-refractivity contribution in [3.63, 3.8) is 0 Å². The molecule has 138 valence electrons. The molecule has 0 bridgehead atoms. The summed E-state index contributed by atoms with van der Waals surface area (Å²) in [6, 6.07) is 10.8. The van der Waals surface area contributed by atoms with Crippen LogP contribution < -0.4 is 10.6 Å². The largest absolute Gasteiger partial charge is 0.367 e. The molecule has 2 N–H and O–H groups in total. The summed E-state index contributed by atoms with van der Waals surface area (Å²) < 4.78 is 1.79. The van der Waals surface area contributed by atoms with E-state index >= 15 is 0 Å². The highest BCUT2D eigenvalue weighted by molar-refractivity contribution is 5.87. The minimum absolute atomic E-state index is 0.310. The summed E-state index contributed by atoms with van der Waals surface area (Å²) in [5, 5.41) is 12.2. The van der Waals surface area contributed by atoms with E-state index in [9.17, 15) is 0 Å². The van der Waals surface area contributed by atoms with Gasteiger partial charge in [-0.2, -0.15) is 15.1 Å². The lowest BCUT2D eigenvalue weighted by molar-refractivity contribution is 0.559. The number of rotatable bonds is 7. The van der Waals surface area contributed by atoms with Crippen LogP contribution in [0.1, 0.15) is 39.2 Å². The Morgan fingerprint density at radius 2 is 1.77 bits per heavy atom. The van der Waals surface area contributed by atoms with Crippen molar-refractivity contribution in [1.29, 1.82) is 0 Å². The van der Waals surface area contributed by atoms with E-state index in [0.29, 0.717) is 23.8 Å². The van der Waals surface area contributed by atoms with Crippen LogP contribution in [0, 0.1) is 5.92 Å². The van der Waals surface area contributed by atoms with Crippen LogP contribution in [0.3, 0.4) is 0 Å². The van der Waals surface area contributed by atoms with E-state index in [4.69, 9.17) is 4.98 Å². The molecule has 0 saturated carbocycles. The van der Waals surface area contributed by atoms with Crippen molar-refractivity contribution in [1.82, 2.24) is 19.7 Å². The first kappa shape index (κ1) is 18.2. The summed E-state index contributed by atoms with van der Waals surface area (Å²) in [5.74, 6) is 2.33. The third-order valence-corrected chi connectivity index (χ3v) is 4.89. The Morgan fingerprint density at radius 3 is 2.46 bits per heavy atom. The molecule has 2 heterocycles. The van der Waals surface area contributed by atoms with E-state index in [2.05, 4.69) is 72.7 Å². The number of nitrogens with one attached hydrogen (secondary N) is 2. The van der Waals surface area contributed by atoms with Crippen LogP contribution in [0.5, 0.6) is 0 Å². The summed E-state index contributed by atoms with van der Waals surface area (Å²) in [4.78, 5) is 9.37. The minimum Gasteiger partial charge on any atom is -0.367 e. The van der Waals surface area contributed by atoms with E-state index in [1.165, 1.54) is 5.56 Å². The van der Waals surface area contributed by atoms with Gasteiger partial charge in [0.1, 0.15) is 5.82 Å². The molecule has 26 heavy (non-hydrogen) atoms. The molecule has 3 aromatic rings. The van der Waals surface area contributed by atoms with Crippen molar-refractivity contribution in [3.05, 3.63) is 42.1 Å². The van der Waals surface area contributed by atoms with Gasteiger partial charge in [-0.05, 0) is 24.3 Å². The molecule has 6 heteroatoms. The number of hydrogen-bond donors (Lipinski definition) is 2. The second kappa shape index (κ2) is 7.72. The monoisotopic (exact) mass is 352 g/mol. The lowest BCUT2D eigenvalue weighted by Crippen LogP contribution is -2.23. The number of aryl methyl sites for hydroxylation is 1. The second-order valence-electron chi connectivity index (χ2n) is 7.27. The highest BCUT2D eigenvalue weighted by Gasteiger charge is 2.15. The summed E-state index contributed by atoms with van der Waals surface area (Å²) in [5.41, 5.74) is 2.13. The zero-order valence-electron chi connectivity index (χ0n) is 16.2. The van der Waals surface area contributed by atoms with E-state index < -0.39 is 0 Å². The maximum Gasteiger partial charge on any atom is 0.226 e. The maximum absolute atomic E-state index is 4.72. The summed E-state index contributed by atoms with van der Waals surface area (Å²) in [6.45, 7) is 9.52. The lowest BCUT2D eigenvalue weighted by atomic mass is 10.0. The molecular formula is C20H28N6. The molecule has 0 radical (unpaired) electrons. The van der Waals surface area contributed by atoms with Crippen molar-refractivity contribution >= 4 is 22.8 Å². The minimum atomic E-state index is 0.310. The van der Waals surface area contributed by atoms with E-state index in [1.54, 1.807) is 4.68 Å². The number of anilines is 2. The SMILES string of the molecule is CC(CNc1nc(NC(C)C(C)C)c2cnn(C)c2n1)c1ccccc1. The predicted octanol–water partition coefficient (Wildman–Crippen LogP) is 4.04. The normalized spacial score (nSPS) is 13.8. The second-order valence-corrected chi connectivity index (χ2v) is 7.27. The number of hydrogen-bond acceptors (Lipinski definition) is 5. The Morgan fingerprint density at radius 1 is 1.04 bits per heavy atom. The van der Waals surface area contributed by atoms with E-state index in [0.717, 1.165) is 23.4 Å². The van der Waals surface area contributed by atoms with Crippen molar-refractivity contribution in [2.45, 2.75) is 39.7 Å². The van der Waals surface area contributed by atoms with Crippen molar-refractivity contribution < 1.29 is 0 Å². The molecule has 2 unspecified atom stereocenters. The van der Waals surface area contributed by atoms with Gasteiger partial charge in [-0.25, -0.2) is 0 Å². The van der Waals surface area contributed by atoms with Gasteiger partial charge in [0, 0.05) is 19.6 Å². The van der Waals surface area contributed by atoms with Gasteiger partial charge in [0.2, 0.25) is 5.95 Å². The van der Waals surface area contributed by atoms with Crippen molar-refractivity contribution in [2.75, 3.05) is 17.2 Å². The highest BCUT2D eigenvalue weighted by Crippen LogP contribution is 2.24.